The van der Waals surface area contributed by atoms with E-state index in [0.29, 0.717) is 11.8 Å². The fraction of sp³-hybridized carbons (Fsp3) is 0.900. The fourth-order valence-corrected chi connectivity index (χ4v) is 3.52. The summed E-state index contributed by atoms with van der Waals surface area (Å²) >= 11 is 5.73. The zero-order chi connectivity index (χ0) is 8.60. The number of aldehydes is 1. The molecule has 1 nitrogen and oxygen atoms in total. The van der Waals surface area contributed by atoms with Gasteiger partial charge in [0.05, 0.1) is 0 Å². The molecule has 3 unspecified atom stereocenters. The zero-order valence-corrected chi connectivity index (χ0v) is 8.02. The highest BCUT2D eigenvalue weighted by atomic mass is 35.5. The van der Waals surface area contributed by atoms with Crippen molar-refractivity contribution in [3.8, 4) is 0 Å². The monoisotopic (exact) mass is 186 g/mol. The fourth-order valence-electron chi connectivity index (χ4n) is 3.17. The summed E-state index contributed by atoms with van der Waals surface area (Å²) in [6.07, 6.45) is 7.12. The van der Waals surface area contributed by atoms with Gasteiger partial charge in [-0.3, -0.25) is 0 Å². The van der Waals surface area contributed by atoms with E-state index >= 15 is 0 Å². The third-order valence-electron chi connectivity index (χ3n) is 3.82. The van der Waals surface area contributed by atoms with Crippen LogP contribution >= 0.6 is 11.6 Å². The van der Waals surface area contributed by atoms with Gasteiger partial charge >= 0.3 is 0 Å². The van der Waals surface area contributed by atoms with E-state index in [4.69, 9.17) is 11.6 Å². The molecule has 0 aromatic rings. The number of halogens is 1. The Bertz CT molecular complexity index is 192. The summed E-state index contributed by atoms with van der Waals surface area (Å²) in [6, 6.07) is 0. The number of hydrogen-bond donors (Lipinski definition) is 0. The maximum absolute atomic E-state index is 11.1. The Morgan fingerprint density at radius 2 is 2.33 bits per heavy atom. The second-order valence-corrected chi connectivity index (χ2v) is 4.75. The van der Waals surface area contributed by atoms with Crippen LogP contribution < -0.4 is 0 Å². The molecule has 0 spiro atoms. The molecule has 2 aliphatic rings. The summed E-state index contributed by atoms with van der Waals surface area (Å²) in [5.41, 5.74) is -0.00926. The van der Waals surface area contributed by atoms with E-state index in [1.807, 2.05) is 0 Å². The molecular formula is C10H15ClO. The minimum Gasteiger partial charge on any atom is -0.303 e. The van der Waals surface area contributed by atoms with Gasteiger partial charge in [-0.1, -0.05) is 6.42 Å². The summed E-state index contributed by atoms with van der Waals surface area (Å²) in [7, 11) is 0. The minimum absolute atomic E-state index is 0.00926. The maximum Gasteiger partial charge on any atom is 0.126 e. The van der Waals surface area contributed by atoms with Crippen LogP contribution in [0.3, 0.4) is 0 Å². The van der Waals surface area contributed by atoms with Gasteiger partial charge in [-0.15, -0.1) is 11.6 Å². The zero-order valence-electron chi connectivity index (χ0n) is 7.26. The first-order chi connectivity index (χ1) is 5.80. The summed E-state index contributed by atoms with van der Waals surface area (Å²) in [6.45, 7) is 0. The number of alkyl halides is 1. The van der Waals surface area contributed by atoms with E-state index in [2.05, 4.69) is 0 Å². The van der Waals surface area contributed by atoms with Gasteiger partial charge in [-0.25, -0.2) is 0 Å². The van der Waals surface area contributed by atoms with Gasteiger partial charge in [0.25, 0.3) is 0 Å². The number of carbonyl (C=O) groups is 1. The van der Waals surface area contributed by atoms with Gasteiger partial charge in [-0.2, -0.15) is 0 Å². The molecule has 0 N–H and O–H groups in total. The second kappa shape index (κ2) is 3.02. The Morgan fingerprint density at radius 3 is 2.75 bits per heavy atom. The third kappa shape index (κ3) is 1.10. The second-order valence-electron chi connectivity index (χ2n) is 4.37. The van der Waals surface area contributed by atoms with Crippen molar-refractivity contribution in [2.24, 2.45) is 17.3 Å². The quantitative estimate of drug-likeness (QED) is 0.489. The van der Waals surface area contributed by atoms with Gasteiger partial charge in [0.15, 0.2) is 0 Å². The molecule has 68 valence electrons. The molecule has 2 fully saturated rings. The maximum atomic E-state index is 11.1. The predicted molar refractivity (Wildman–Crippen MR) is 49.3 cm³/mol. The van der Waals surface area contributed by atoms with Gasteiger partial charge in [0.2, 0.25) is 0 Å². The first-order valence-corrected chi connectivity index (χ1v) is 5.36. The van der Waals surface area contributed by atoms with Crippen LogP contribution in [-0.4, -0.2) is 12.2 Å². The molecule has 0 radical (unpaired) electrons. The highest BCUT2D eigenvalue weighted by Gasteiger charge is 2.50. The molecule has 0 aromatic carbocycles. The van der Waals surface area contributed by atoms with Gasteiger partial charge in [0, 0.05) is 11.3 Å². The van der Waals surface area contributed by atoms with Crippen LogP contribution in [0.2, 0.25) is 0 Å². The Morgan fingerprint density at radius 1 is 1.50 bits per heavy atom. The first-order valence-electron chi connectivity index (χ1n) is 4.83. The number of carbonyl (C=O) groups excluding carboxylic acids is 1. The smallest absolute Gasteiger partial charge is 0.126 e. The Balaban J connectivity index is 2.13. The van der Waals surface area contributed by atoms with E-state index in [1.165, 1.54) is 25.5 Å². The lowest BCUT2D eigenvalue weighted by Crippen LogP contribution is -2.29. The third-order valence-corrected chi connectivity index (χ3v) is 4.01. The Hall–Kier alpha value is -0.0400. The molecule has 3 atom stereocenters. The molecule has 0 saturated heterocycles. The van der Waals surface area contributed by atoms with Crippen molar-refractivity contribution in [3.63, 3.8) is 0 Å². The van der Waals surface area contributed by atoms with Crippen molar-refractivity contribution >= 4 is 17.9 Å². The Labute approximate surface area is 78.5 Å². The largest absolute Gasteiger partial charge is 0.303 e. The van der Waals surface area contributed by atoms with E-state index in [1.54, 1.807) is 0 Å². The topological polar surface area (TPSA) is 17.1 Å². The predicted octanol–water partition coefficient (Wildman–Crippen LogP) is 2.62. The molecule has 2 saturated carbocycles. The molecule has 0 aromatic heterocycles. The van der Waals surface area contributed by atoms with Crippen LogP contribution in [0.1, 0.15) is 32.1 Å². The van der Waals surface area contributed by atoms with E-state index < -0.39 is 0 Å². The van der Waals surface area contributed by atoms with Crippen molar-refractivity contribution in [1.29, 1.82) is 0 Å². The van der Waals surface area contributed by atoms with Crippen molar-refractivity contribution in [2.45, 2.75) is 32.1 Å². The minimum atomic E-state index is -0.00926. The van der Waals surface area contributed by atoms with Crippen LogP contribution in [0, 0.1) is 17.3 Å². The lowest BCUT2D eigenvalue weighted by Gasteiger charge is -2.31. The number of hydrogen-bond acceptors (Lipinski definition) is 1. The summed E-state index contributed by atoms with van der Waals surface area (Å²) in [5, 5.41) is 0. The highest BCUT2D eigenvalue weighted by Crippen LogP contribution is 2.56. The normalized spacial score (nSPS) is 45.1. The molecule has 0 heterocycles. The average Bonchev–Trinajstić information content (AvgIpc) is 2.64. The van der Waals surface area contributed by atoms with Crippen LogP contribution in [-0.2, 0) is 4.79 Å². The first kappa shape index (κ1) is 8.55. The lowest BCUT2D eigenvalue weighted by molar-refractivity contribution is -0.119. The lowest BCUT2D eigenvalue weighted by atomic mass is 9.72. The Kier molecular flexibility index (Phi) is 2.16. The molecule has 0 amide bonds. The van der Waals surface area contributed by atoms with Gasteiger partial charge < -0.3 is 4.79 Å². The summed E-state index contributed by atoms with van der Waals surface area (Å²) < 4.78 is 0. The molecule has 12 heavy (non-hydrogen) atoms. The van der Waals surface area contributed by atoms with Crippen LogP contribution in [0.5, 0.6) is 0 Å². The standard InChI is InChI=1S/C10H15ClO/c11-4-3-10(7-12)6-8-1-2-9(10)5-8/h7-9H,1-6H2. The van der Waals surface area contributed by atoms with Crippen molar-refractivity contribution in [2.75, 3.05) is 5.88 Å². The number of fused-ring (bicyclic) bond motifs is 2. The molecule has 2 heteroatoms. The van der Waals surface area contributed by atoms with E-state index in [-0.39, 0.29) is 5.41 Å². The van der Waals surface area contributed by atoms with E-state index in [0.717, 1.165) is 18.8 Å². The summed E-state index contributed by atoms with van der Waals surface area (Å²) in [4.78, 5) is 11.1. The van der Waals surface area contributed by atoms with Crippen molar-refractivity contribution in [1.82, 2.24) is 0 Å². The highest BCUT2D eigenvalue weighted by molar-refractivity contribution is 6.18. The summed E-state index contributed by atoms with van der Waals surface area (Å²) in [5.74, 6) is 2.14. The molecule has 2 bridgehead atoms. The molecule has 2 aliphatic carbocycles. The molecular weight excluding hydrogens is 172 g/mol. The van der Waals surface area contributed by atoms with Crippen LogP contribution in [0.25, 0.3) is 0 Å². The van der Waals surface area contributed by atoms with Crippen molar-refractivity contribution in [3.05, 3.63) is 0 Å². The van der Waals surface area contributed by atoms with E-state index in [9.17, 15) is 4.79 Å². The van der Waals surface area contributed by atoms with Gasteiger partial charge in [-0.05, 0) is 37.5 Å². The van der Waals surface area contributed by atoms with Crippen molar-refractivity contribution < 1.29 is 4.79 Å². The average molecular weight is 187 g/mol. The van der Waals surface area contributed by atoms with Gasteiger partial charge in [0.1, 0.15) is 6.29 Å². The molecule has 2 rings (SSSR count). The van der Waals surface area contributed by atoms with Crippen LogP contribution in [0.15, 0.2) is 0 Å². The molecule has 0 aliphatic heterocycles. The number of rotatable bonds is 3. The SMILES string of the molecule is O=CC1(CCCl)CC2CCC1C2. The van der Waals surface area contributed by atoms with Crippen LogP contribution in [0.4, 0.5) is 0 Å².